The van der Waals surface area contributed by atoms with Crippen LogP contribution < -0.4 is 15.2 Å². The minimum Gasteiger partial charge on any atom is -0.493 e. The molecule has 0 saturated carbocycles. The minimum absolute atomic E-state index is 0.0973. The van der Waals surface area contributed by atoms with E-state index in [-0.39, 0.29) is 11.9 Å². The topological polar surface area (TPSA) is 64.8 Å². The van der Waals surface area contributed by atoms with Gasteiger partial charge in [-0.2, -0.15) is 0 Å². The first-order valence-electron chi connectivity index (χ1n) is 8.20. The van der Waals surface area contributed by atoms with Crippen molar-refractivity contribution in [2.75, 3.05) is 27.3 Å². The molecule has 1 amide bonds. The van der Waals surface area contributed by atoms with Crippen molar-refractivity contribution < 1.29 is 14.3 Å². The van der Waals surface area contributed by atoms with Crippen molar-refractivity contribution in [2.24, 2.45) is 17.6 Å². The maximum Gasteiger partial charge on any atom is 0.222 e. The predicted octanol–water partition coefficient (Wildman–Crippen LogP) is 2.08. The summed E-state index contributed by atoms with van der Waals surface area (Å²) < 4.78 is 10.5. The van der Waals surface area contributed by atoms with E-state index >= 15 is 0 Å². The van der Waals surface area contributed by atoms with E-state index in [4.69, 9.17) is 15.2 Å². The van der Waals surface area contributed by atoms with E-state index in [1.807, 2.05) is 23.1 Å². The molecule has 2 N–H and O–H groups in total. The molecule has 1 aromatic carbocycles. The molecule has 1 heterocycles. The lowest BCUT2D eigenvalue weighted by Gasteiger charge is -2.18. The van der Waals surface area contributed by atoms with Gasteiger partial charge in [0.2, 0.25) is 5.91 Å². The van der Waals surface area contributed by atoms with Crippen LogP contribution in [0.25, 0.3) is 0 Å². The Hall–Kier alpha value is -1.75. The second kappa shape index (κ2) is 7.68. The number of carbonyl (C=O) groups is 1. The summed E-state index contributed by atoms with van der Waals surface area (Å²) in [6, 6.07) is 5.87. The number of hydrogen-bond donors (Lipinski definition) is 1. The molecule has 128 valence electrons. The predicted molar refractivity (Wildman–Crippen MR) is 90.8 cm³/mol. The molecule has 1 aliphatic heterocycles. The van der Waals surface area contributed by atoms with Gasteiger partial charge in [-0.1, -0.05) is 19.9 Å². The number of nitrogens with zero attached hydrogens (tertiary/aromatic N) is 1. The molecule has 0 radical (unpaired) electrons. The molecule has 1 saturated heterocycles. The van der Waals surface area contributed by atoms with Gasteiger partial charge in [0, 0.05) is 25.6 Å². The molecular weight excluding hydrogens is 292 g/mol. The first-order chi connectivity index (χ1) is 11.0. The van der Waals surface area contributed by atoms with Crippen LogP contribution in [0.4, 0.5) is 0 Å². The first-order valence-corrected chi connectivity index (χ1v) is 8.20. The van der Waals surface area contributed by atoms with Gasteiger partial charge >= 0.3 is 0 Å². The lowest BCUT2D eigenvalue weighted by molar-refractivity contribution is -0.130. The van der Waals surface area contributed by atoms with Crippen molar-refractivity contribution in [2.45, 2.75) is 32.7 Å². The van der Waals surface area contributed by atoms with Crippen LogP contribution in [0.1, 0.15) is 25.8 Å². The van der Waals surface area contributed by atoms with Crippen molar-refractivity contribution in [1.82, 2.24) is 4.90 Å². The highest BCUT2D eigenvalue weighted by Gasteiger charge is 2.34. The molecule has 1 fully saturated rings. The van der Waals surface area contributed by atoms with Crippen LogP contribution in [0.15, 0.2) is 18.2 Å². The van der Waals surface area contributed by atoms with E-state index in [2.05, 4.69) is 13.8 Å². The Bertz CT molecular complexity index is 545. The minimum atomic E-state index is 0.0973. The van der Waals surface area contributed by atoms with Crippen LogP contribution in [0.5, 0.6) is 11.5 Å². The summed E-state index contributed by atoms with van der Waals surface area (Å²) in [5.74, 6) is 2.49. The number of nitrogens with two attached hydrogens (primary N) is 1. The third-order valence-electron chi connectivity index (χ3n) is 4.70. The third kappa shape index (κ3) is 4.16. The Balaban J connectivity index is 1.92. The summed E-state index contributed by atoms with van der Waals surface area (Å²) >= 11 is 0. The Morgan fingerprint density at radius 3 is 2.52 bits per heavy atom. The molecule has 1 aliphatic rings. The number of likely N-dealkylation sites (tertiary alicyclic amines) is 1. The Labute approximate surface area is 138 Å². The van der Waals surface area contributed by atoms with Gasteiger partial charge in [0.1, 0.15) is 0 Å². The molecule has 2 atom stereocenters. The summed E-state index contributed by atoms with van der Waals surface area (Å²) in [6.45, 7) is 5.79. The van der Waals surface area contributed by atoms with Gasteiger partial charge in [0.15, 0.2) is 11.5 Å². The highest BCUT2D eigenvalue weighted by molar-refractivity contribution is 5.77. The summed E-state index contributed by atoms with van der Waals surface area (Å²) in [7, 11) is 3.23. The quantitative estimate of drug-likeness (QED) is 0.871. The summed E-state index contributed by atoms with van der Waals surface area (Å²) in [6.07, 6.45) is 1.18. The van der Waals surface area contributed by atoms with Gasteiger partial charge in [0.05, 0.1) is 14.2 Å². The zero-order chi connectivity index (χ0) is 17.0. The van der Waals surface area contributed by atoms with Crippen molar-refractivity contribution in [1.29, 1.82) is 0 Å². The lowest BCUT2D eigenvalue weighted by atomic mass is 9.92. The number of ether oxygens (including phenoxy) is 2. The largest absolute Gasteiger partial charge is 0.493 e. The average Bonchev–Trinajstić information content (AvgIpc) is 2.94. The van der Waals surface area contributed by atoms with Gasteiger partial charge in [-0.15, -0.1) is 0 Å². The SMILES string of the molecule is COc1ccc(CCC(=O)N2C[C@H](C(C)C)[C@@H](N)C2)cc1OC. The Kier molecular flexibility index (Phi) is 5.88. The van der Waals surface area contributed by atoms with Crippen molar-refractivity contribution in [3.8, 4) is 11.5 Å². The zero-order valence-corrected chi connectivity index (χ0v) is 14.5. The molecule has 1 aromatic rings. The molecular formula is C18H28N2O3. The number of carbonyl (C=O) groups excluding carboxylic acids is 1. The third-order valence-corrected chi connectivity index (χ3v) is 4.70. The average molecular weight is 320 g/mol. The summed E-state index contributed by atoms with van der Waals surface area (Å²) in [4.78, 5) is 14.3. The molecule has 0 spiro atoms. The lowest BCUT2D eigenvalue weighted by Crippen LogP contribution is -2.33. The van der Waals surface area contributed by atoms with Gasteiger partial charge < -0.3 is 20.1 Å². The number of hydrogen-bond acceptors (Lipinski definition) is 4. The number of amides is 1. The fraction of sp³-hybridized carbons (Fsp3) is 0.611. The van der Waals surface area contributed by atoms with Crippen molar-refractivity contribution in [3.63, 3.8) is 0 Å². The van der Waals surface area contributed by atoms with Crippen LogP contribution in [0.3, 0.4) is 0 Å². The zero-order valence-electron chi connectivity index (χ0n) is 14.5. The fourth-order valence-electron chi connectivity index (χ4n) is 3.21. The normalized spacial score (nSPS) is 20.9. The first kappa shape index (κ1) is 17.6. The number of benzene rings is 1. The molecule has 0 aliphatic carbocycles. The van der Waals surface area contributed by atoms with E-state index in [9.17, 15) is 4.79 Å². The monoisotopic (exact) mass is 320 g/mol. The second-order valence-corrected chi connectivity index (χ2v) is 6.56. The molecule has 0 unspecified atom stereocenters. The molecule has 2 rings (SSSR count). The Morgan fingerprint density at radius 1 is 1.26 bits per heavy atom. The van der Waals surface area contributed by atoms with Crippen molar-refractivity contribution >= 4 is 5.91 Å². The second-order valence-electron chi connectivity index (χ2n) is 6.56. The van der Waals surface area contributed by atoms with Gasteiger partial charge in [-0.3, -0.25) is 4.79 Å². The van der Waals surface area contributed by atoms with Crippen LogP contribution in [-0.4, -0.2) is 44.2 Å². The van der Waals surface area contributed by atoms with Crippen molar-refractivity contribution in [3.05, 3.63) is 23.8 Å². The van der Waals surface area contributed by atoms with Crippen LogP contribution >= 0.6 is 0 Å². The molecule has 0 bridgehead atoms. The van der Waals surface area contributed by atoms with Crippen LogP contribution in [-0.2, 0) is 11.2 Å². The standard InChI is InChI=1S/C18H28N2O3/c1-12(2)14-10-20(11-15(14)19)18(21)8-6-13-5-7-16(22-3)17(9-13)23-4/h5,7,9,12,14-15H,6,8,10-11,19H2,1-4H3/t14-,15+/m1/s1. The molecule has 23 heavy (non-hydrogen) atoms. The van der Waals surface area contributed by atoms with Gasteiger partial charge in [-0.25, -0.2) is 0 Å². The highest BCUT2D eigenvalue weighted by Crippen LogP contribution is 2.28. The highest BCUT2D eigenvalue weighted by atomic mass is 16.5. The van der Waals surface area contributed by atoms with Crippen LogP contribution in [0.2, 0.25) is 0 Å². The molecule has 5 heteroatoms. The maximum atomic E-state index is 12.4. The Morgan fingerprint density at radius 2 is 1.96 bits per heavy atom. The van der Waals surface area contributed by atoms with Gasteiger partial charge in [-0.05, 0) is 36.0 Å². The van der Waals surface area contributed by atoms with E-state index in [1.165, 1.54) is 0 Å². The fourth-order valence-corrected chi connectivity index (χ4v) is 3.21. The smallest absolute Gasteiger partial charge is 0.222 e. The number of methoxy groups -OCH3 is 2. The van der Waals surface area contributed by atoms with Crippen LogP contribution in [0, 0.1) is 11.8 Å². The summed E-state index contributed by atoms with van der Waals surface area (Å²) in [5, 5.41) is 0. The maximum absolute atomic E-state index is 12.4. The number of aryl methyl sites for hydroxylation is 1. The number of rotatable bonds is 6. The molecule has 0 aromatic heterocycles. The van der Waals surface area contributed by atoms with E-state index in [1.54, 1.807) is 14.2 Å². The van der Waals surface area contributed by atoms with E-state index < -0.39 is 0 Å². The van der Waals surface area contributed by atoms with E-state index in [0.29, 0.717) is 42.7 Å². The van der Waals surface area contributed by atoms with E-state index in [0.717, 1.165) is 12.1 Å². The molecule has 5 nitrogen and oxygen atoms in total. The summed E-state index contributed by atoms with van der Waals surface area (Å²) in [5.41, 5.74) is 7.23. The van der Waals surface area contributed by atoms with Gasteiger partial charge in [0.25, 0.3) is 0 Å².